The Morgan fingerprint density at radius 3 is 2.68 bits per heavy atom. The van der Waals surface area contributed by atoms with Crippen molar-refractivity contribution in [3.63, 3.8) is 0 Å². The minimum atomic E-state index is -1.24. The number of carbonyl (C=O) groups is 4. The quantitative estimate of drug-likeness (QED) is 0.491. The summed E-state index contributed by atoms with van der Waals surface area (Å²) in [6, 6.07) is 8.38. The van der Waals surface area contributed by atoms with Gasteiger partial charge in [-0.2, -0.15) is 0 Å². The number of hydrogen-bond acceptors (Lipinski definition) is 7. The van der Waals surface area contributed by atoms with Gasteiger partial charge < -0.3 is 15.2 Å². The summed E-state index contributed by atoms with van der Waals surface area (Å²) in [6.45, 7) is 0. The number of hydrogen-bond donors (Lipinski definition) is 2. The van der Waals surface area contributed by atoms with Crippen LogP contribution in [-0.4, -0.2) is 63.8 Å². The highest BCUT2D eigenvalue weighted by Crippen LogP contribution is 2.43. The summed E-state index contributed by atoms with van der Waals surface area (Å²) in [4.78, 5) is 49.4. The van der Waals surface area contributed by atoms with Crippen molar-refractivity contribution in [2.45, 2.75) is 17.8 Å². The van der Waals surface area contributed by atoms with Gasteiger partial charge in [-0.15, -0.1) is 23.5 Å². The fraction of sp³-hybridized carbons (Fsp3) is 0.333. The van der Waals surface area contributed by atoms with Crippen molar-refractivity contribution < 1.29 is 29.0 Å². The normalized spacial score (nSPS) is 20.9. The van der Waals surface area contributed by atoms with E-state index < -0.39 is 29.3 Å². The van der Waals surface area contributed by atoms with Gasteiger partial charge in [-0.05, 0) is 5.56 Å². The highest BCUT2D eigenvalue weighted by molar-refractivity contribution is 8.06. The third kappa shape index (κ3) is 4.17. The third-order valence-electron chi connectivity index (χ3n) is 4.25. The number of aliphatic carboxylic acids is 1. The van der Waals surface area contributed by atoms with Crippen molar-refractivity contribution in [1.82, 2.24) is 10.2 Å². The standard InChI is InChI=1S/C18H18N2O6S2/c1-26-13(22)9-27-11-8-28-17-14(16(23)20(17)15(11)18(24)25)19-12(21)7-10-5-3-2-4-6-10/h2-6,14,17H,7-9H2,1H3,(H,19,21)(H,24,25)/t14-,17+/m1/s1. The van der Waals surface area contributed by atoms with Crippen LogP contribution in [0.1, 0.15) is 5.56 Å². The average Bonchev–Trinajstić information content (AvgIpc) is 2.69. The molecule has 0 aromatic heterocycles. The number of thioether (sulfide) groups is 2. The number of benzene rings is 1. The molecule has 2 atom stereocenters. The Morgan fingerprint density at radius 2 is 2.04 bits per heavy atom. The summed E-state index contributed by atoms with van der Waals surface area (Å²) < 4.78 is 4.57. The molecule has 0 unspecified atom stereocenters. The van der Waals surface area contributed by atoms with Gasteiger partial charge in [0, 0.05) is 10.7 Å². The number of nitrogens with one attached hydrogen (secondary N) is 1. The number of methoxy groups -OCH3 is 1. The lowest BCUT2D eigenvalue weighted by atomic mass is 10.0. The van der Waals surface area contributed by atoms with Crippen LogP contribution in [0.5, 0.6) is 0 Å². The maximum atomic E-state index is 12.5. The van der Waals surface area contributed by atoms with Crippen LogP contribution in [0.4, 0.5) is 0 Å². The lowest BCUT2D eigenvalue weighted by molar-refractivity contribution is -0.150. The van der Waals surface area contributed by atoms with E-state index in [0.29, 0.717) is 10.7 Å². The highest BCUT2D eigenvalue weighted by Gasteiger charge is 2.54. The molecular weight excluding hydrogens is 404 g/mol. The molecule has 1 fully saturated rings. The summed E-state index contributed by atoms with van der Waals surface area (Å²) in [5.41, 5.74) is 0.698. The number of carboxylic acids is 1. The predicted octanol–water partition coefficient (Wildman–Crippen LogP) is 0.831. The van der Waals surface area contributed by atoms with Crippen LogP contribution in [0.2, 0.25) is 0 Å². The van der Waals surface area contributed by atoms with Crippen molar-refractivity contribution in [2.24, 2.45) is 0 Å². The number of ether oxygens (including phenoxy) is 1. The number of amides is 2. The smallest absolute Gasteiger partial charge is 0.353 e. The molecule has 1 aromatic carbocycles. The van der Waals surface area contributed by atoms with E-state index in [0.717, 1.165) is 17.3 Å². The predicted molar refractivity (Wildman–Crippen MR) is 104 cm³/mol. The van der Waals surface area contributed by atoms with Crippen molar-refractivity contribution in [1.29, 1.82) is 0 Å². The lowest BCUT2D eigenvalue weighted by Crippen LogP contribution is -2.70. The fourth-order valence-electron chi connectivity index (χ4n) is 2.91. The molecule has 3 rings (SSSR count). The molecule has 0 radical (unpaired) electrons. The molecule has 1 saturated heterocycles. The first-order chi connectivity index (χ1) is 13.4. The molecule has 2 aliphatic heterocycles. The second kappa shape index (κ2) is 8.70. The van der Waals surface area contributed by atoms with Gasteiger partial charge >= 0.3 is 11.9 Å². The zero-order valence-corrected chi connectivity index (χ0v) is 16.5. The Hall–Kier alpha value is -2.46. The van der Waals surface area contributed by atoms with Gasteiger partial charge in [-0.25, -0.2) is 4.79 Å². The summed E-state index contributed by atoms with van der Waals surface area (Å²) in [5.74, 6) is -2.17. The SMILES string of the molecule is COC(=O)CSC1=C(C(=O)O)N2C(=O)[C@@H](NC(=O)Cc3ccccc3)[C@@H]2SC1. The minimum absolute atomic E-state index is 0.0346. The van der Waals surface area contributed by atoms with Crippen LogP contribution < -0.4 is 5.32 Å². The van der Waals surface area contributed by atoms with Gasteiger partial charge in [0.05, 0.1) is 19.3 Å². The first-order valence-electron chi connectivity index (χ1n) is 8.36. The number of esters is 1. The maximum absolute atomic E-state index is 12.5. The summed E-state index contributed by atoms with van der Waals surface area (Å²) >= 11 is 2.41. The largest absolute Gasteiger partial charge is 0.477 e. The molecule has 2 amide bonds. The van der Waals surface area contributed by atoms with Gasteiger partial charge in [-0.1, -0.05) is 30.3 Å². The summed E-state index contributed by atoms with van der Waals surface area (Å²) in [7, 11) is 1.25. The van der Waals surface area contributed by atoms with E-state index in [1.807, 2.05) is 30.3 Å². The van der Waals surface area contributed by atoms with Gasteiger partial charge in [0.2, 0.25) is 5.91 Å². The zero-order valence-electron chi connectivity index (χ0n) is 14.9. The lowest BCUT2D eigenvalue weighted by Gasteiger charge is -2.49. The first kappa shape index (κ1) is 20.3. The molecule has 2 heterocycles. The van der Waals surface area contributed by atoms with Crippen molar-refractivity contribution in [3.05, 3.63) is 46.5 Å². The molecule has 8 nitrogen and oxygen atoms in total. The number of rotatable bonds is 7. The first-order valence-corrected chi connectivity index (χ1v) is 10.4. The molecule has 2 aliphatic rings. The van der Waals surface area contributed by atoms with Crippen molar-refractivity contribution >= 4 is 47.3 Å². The van der Waals surface area contributed by atoms with E-state index in [4.69, 9.17) is 0 Å². The van der Waals surface area contributed by atoms with Gasteiger partial charge in [-0.3, -0.25) is 19.3 Å². The molecule has 2 N–H and O–H groups in total. The molecule has 0 saturated carbocycles. The second-order valence-electron chi connectivity index (χ2n) is 6.06. The maximum Gasteiger partial charge on any atom is 0.353 e. The third-order valence-corrected chi connectivity index (χ3v) is 6.78. The van der Waals surface area contributed by atoms with E-state index in [9.17, 15) is 24.3 Å². The van der Waals surface area contributed by atoms with Crippen LogP contribution in [0, 0.1) is 0 Å². The summed E-state index contributed by atoms with van der Waals surface area (Å²) in [6.07, 6.45) is 0.143. The second-order valence-corrected chi connectivity index (χ2v) is 8.23. The molecule has 148 valence electrons. The molecule has 0 bridgehead atoms. The van der Waals surface area contributed by atoms with Gasteiger partial charge in [0.1, 0.15) is 17.1 Å². The van der Waals surface area contributed by atoms with E-state index in [-0.39, 0.29) is 23.8 Å². The van der Waals surface area contributed by atoms with Gasteiger partial charge in [0.25, 0.3) is 5.91 Å². The Bertz CT molecular complexity index is 842. The molecule has 1 aromatic rings. The molecule has 28 heavy (non-hydrogen) atoms. The van der Waals surface area contributed by atoms with Crippen LogP contribution >= 0.6 is 23.5 Å². The zero-order chi connectivity index (χ0) is 20.3. The van der Waals surface area contributed by atoms with E-state index in [1.54, 1.807) is 0 Å². The number of nitrogens with zero attached hydrogens (tertiary/aromatic N) is 1. The number of fused-ring (bicyclic) bond motifs is 1. The molecule has 10 heteroatoms. The molecule has 0 spiro atoms. The Kier molecular flexibility index (Phi) is 6.30. The van der Waals surface area contributed by atoms with E-state index >= 15 is 0 Å². The van der Waals surface area contributed by atoms with Crippen molar-refractivity contribution in [2.75, 3.05) is 18.6 Å². The average molecular weight is 422 g/mol. The van der Waals surface area contributed by atoms with E-state index in [1.165, 1.54) is 23.8 Å². The fourth-order valence-corrected chi connectivity index (χ4v) is 5.38. The number of carboxylic acid groups (broad SMARTS) is 1. The van der Waals surface area contributed by atoms with Crippen LogP contribution in [0.3, 0.4) is 0 Å². The number of carbonyl (C=O) groups excluding carboxylic acids is 3. The highest BCUT2D eigenvalue weighted by atomic mass is 32.2. The Morgan fingerprint density at radius 1 is 1.32 bits per heavy atom. The Labute approximate surface area is 169 Å². The number of β-lactam (4-membered cyclic amide) rings is 1. The Balaban J connectivity index is 1.67. The molecular formula is C18H18N2O6S2. The summed E-state index contributed by atoms with van der Waals surface area (Å²) in [5, 5.41) is 11.8. The van der Waals surface area contributed by atoms with Crippen LogP contribution in [-0.2, 0) is 30.3 Å². The minimum Gasteiger partial charge on any atom is -0.477 e. The van der Waals surface area contributed by atoms with Crippen LogP contribution in [0.25, 0.3) is 0 Å². The van der Waals surface area contributed by atoms with Gasteiger partial charge in [0.15, 0.2) is 0 Å². The van der Waals surface area contributed by atoms with E-state index in [2.05, 4.69) is 10.1 Å². The monoisotopic (exact) mass is 422 g/mol. The van der Waals surface area contributed by atoms with Crippen molar-refractivity contribution in [3.8, 4) is 0 Å². The van der Waals surface area contributed by atoms with Crippen LogP contribution in [0.15, 0.2) is 40.9 Å². The molecule has 0 aliphatic carbocycles. The topological polar surface area (TPSA) is 113 Å².